The molecule has 3 aromatic rings. The van der Waals surface area contributed by atoms with Crippen molar-refractivity contribution >= 4 is 11.3 Å². The Morgan fingerprint density at radius 1 is 1.29 bits per heavy atom. The van der Waals surface area contributed by atoms with Gasteiger partial charge in [-0.05, 0) is 25.0 Å². The Labute approximate surface area is 126 Å². The first-order valence-corrected chi connectivity index (χ1v) is 7.93. The van der Waals surface area contributed by atoms with Crippen LogP contribution in [0.4, 0.5) is 0 Å². The number of aryl methyl sites for hydroxylation is 2. The third kappa shape index (κ3) is 1.96. The van der Waals surface area contributed by atoms with Gasteiger partial charge in [-0.25, -0.2) is 4.79 Å². The standard InChI is InChI=1S/C16H15N3OS/c1-11-9-13(10-21-11)19-16(20)18-14(7-8-15(18)17-19)12-5-3-2-4-6-12/h2-6,9-10,14H,7-8H2,1H3/t14-/m0/s1. The van der Waals surface area contributed by atoms with Crippen LogP contribution in [0.5, 0.6) is 0 Å². The van der Waals surface area contributed by atoms with Crippen molar-refractivity contribution in [1.82, 2.24) is 14.3 Å². The van der Waals surface area contributed by atoms with Gasteiger partial charge in [0.05, 0.1) is 11.7 Å². The van der Waals surface area contributed by atoms with Crippen molar-refractivity contribution in [2.24, 2.45) is 0 Å². The molecule has 4 nitrogen and oxygen atoms in total. The molecule has 0 amide bonds. The molecule has 5 heteroatoms. The zero-order chi connectivity index (χ0) is 14.4. The Kier molecular flexibility index (Phi) is 2.82. The molecule has 1 aliphatic rings. The van der Waals surface area contributed by atoms with E-state index in [1.807, 2.05) is 41.1 Å². The summed E-state index contributed by atoms with van der Waals surface area (Å²) in [6.07, 6.45) is 1.80. The first-order chi connectivity index (χ1) is 10.2. The molecule has 0 bridgehead atoms. The van der Waals surface area contributed by atoms with Crippen molar-refractivity contribution in [1.29, 1.82) is 0 Å². The van der Waals surface area contributed by atoms with Crippen molar-refractivity contribution < 1.29 is 0 Å². The number of aromatic nitrogens is 3. The van der Waals surface area contributed by atoms with E-state index in [9.17, 15) is 4.79 Å². The van der Waals surface area contributed by atoms with Gasteiger partial charge in [-0.1, -0.05) is 30.3 Å². The number of thiophene rings is 1. The van der Waals surface area contributed by atoms with Gasteiger partial charge < -0.3 is 0 Å². The molecule has 0 saturated heterocycles. The summed E-state index contributed by atoms with van der Waals surface area (Å²) in [6.45, 7) is 2.04. The average Bonchev–Trinajstić information content (AvgIpc) is 3.17. The van der Waals surface area contributed by atoms with Crippen LogP contribution in [-0.2, 0) is 6.42 Å². The molecule has 0 N–H and O–H groups in total. The fraction of sp³-hybridized carbons (Fsp3) is 0.250. The Morgan fingerprint density at radius 3 is 2.81 bits per heavy atom. The van der Waals surface area contributed by atoms with Gasteiger partial charge in [0.25, 0.3) is 0 Å². The molecular formula is C16H15N3OS. The van der Waals surface area contributed by atoms with Crippen LogP contribution in [0.3, 0.4) is 0 Å². The van der Waals surface area contributed by atoms with Crippen molar-refractivity contribution in [2.75, 3.05) is 0 Å². The predicted octanol–water partition coefficient (Wildman–Crippen LogP) is 2.94. The summed E-state index contributed by atoms with van der Waals surface area (Å²) < 4.78 is 3.39. The van der Waals surface area contributed by atoms with Crippen LogP contribution in [0, 0.1) is 6.92 Å². The number of benzene rings is 1. The predicted molar refractivity (Wildman–Crippen MR) is 83.3 cm³/mol. The van der Waals surface area contributed by atoms with Crippen LogP contribution in [0.2, 0.25) is 0 Å². The van der Waals surface area contributed by atoms with E-state index >= 15 is 0 Å². The Hall–Kier alpha value is -2.14. The number of fused-ring (bicyclic) bond motifs is 1. The van der Waals surface area contributed by atoms with Crippen molar-refractivity contribution in [3.8, 4) is 5.69 Å². The van der Waals surface area contributed by atoms with E-state index in [0.717, 1.165) is 24.4 Å². The second-order valence-electron chi connectivity index (χ2n) is 5.36. The van der Waals surface area contributed by atoms with E-state index in [4.69, 9.17) is 0 Å². The second kappa shape index (κ2) is 4.70. The molecule has 0 fully saturated rings. The molecule has 0 saturated carbocycles. The summed E-state index contributed by atoms with van der Waals surface area (Å²) in [5.74, 6) is 0.887. The number of hydrogen-bond acceptors (Lipinski definition) is 3. The van der Waals surface area contributed by atoms with E-state index in [1.54, 1.807) is 11.3 Å². The first-order valence-electron chi connectivity index (χ1n) is 7.05. The van der Waals surface area contributed by atoms with Gasteiger partial charge in [-0.15, -0.1) is 16.4 Å². The lowest BCUT2D eigenvalue weighted by Gasteiger charge is -2.11. The number of nitrogens with zero attached hydrogens (tertiary/aromatic N) is 3. The molecule has 1 aliphatic heterocycles. The second-order valence-corrected chi connectivity index (χ2v) is 6.48. The third-order valence-corrected chi connectivity index (χ3v) is 4.83. The summed E-state index contributed by atoms with van der Waals surface area (Å²) in [7, 11) is 0. The van der Waals surface area contributed by atoms with Crippen LogP contribution in [-0.4, -0.2) is 14.3 Å². The van der Waals surface area contributed by atoms with Gasteiger partial charge in [-0.3, -0.25) is 4.57 Å². The molecule has 1 atom stereocenters. The summed E-state index contributed by atoms with van der Waals surface area (Å²) in [4.78, 5) is 13.9. The fourth-order valence-corrected chi connectivity index (χ4v) is 3.66. The summed E-state index contributed by atoms with van der Waals surface area (Å²) in [5.41, 5.74) is 2.02. The molecule has 2 aromatic heterocycles. The lowest BCUT2D eigenvalue weighted by Crippen LogP contribution is -2.26. The number of hydrogen-bond donors (Lipinski definition) is 0. The van der Waals surface area contributed by atoms with E-state index in [2.05, 4.69) is 17.2 Å². The van der Waals surface area contributed by atoms with Crippen molar-refractivity contribution in [2.45, 2.75) is 25.8 Å². The monoisotopic (exact) mass is 297 g/mol. The van der Waals surface area contributed by atoms with Gasteiger partial charge in [0, 0.05) is 16.7 Å². The van der Waals surface area contributed by atoms with Crippen LogP contribution >= 0.6 is 11.3 Å². The molecule has 4 rings (SSSR count). The molecule has 1 aromatic carbocycles. The van der Waals surface area contributed by atoms with Crippen molar-refractivity contribution in [3.63, 3.8) is 0 Å². The minimum atomic E-state index is -0.0332. The highest BCUT2D eigenvalue weighted by Crippen LogP contribution is 2.29. The summed E-state index contributed by atoms with van der Waals surface area (Å²) >= 11 is 1.64. The molecule has 21 heavy (non-hydrogen) atoms. The largest absolute Gasteiger partial charge is 0.351 e. The highest BCUT2D eigenvalue weighted by atomic mass is 32.1. The minimum Gasteiger partial charge on any atom is -0.271 e. The molecule has 0 unspecified atom stereocenters. The molecule has 106 valence electrons. The van der Waals surface area contributed by atoms with E-state index in [0.29, 0.717) is 0 Å². The van der Waals surface area contributed by atoms with E-state index in [-0.39, 0.29) is 11.7 Å². The Balaban J connectivity index is 1.83. The topological polar surface area (TPSA) is 39.8 Å². The summed E-state index contributed by atoms with van der Waals surface area (Å²) in [6, 6.07) is 12.3. The van der Waals surface area contributed by atoms with Crippen LogP contribution in [0.1, 0.15) is 28.7 Å². The van der Waals surface area contributed by atoms with Gasteiger partial charge >= 0.3 is 5.69 Å². The van der Waals surface area contributed by atoms with Gasteiger partial charge in [0.2, 0.25) is 0 Å². The molecule has 0 aliphatic carbocycles. The summed E-state index contributed by atoms with van der Waals surface area (Å²) in [5, 5.41) is 6.51. The lowest BCUT2D eigenvalue weighted by atomic mass is 10.1. The minimum absolute atomic E-state index is 0.0332. The normalized spacial score (nSPS) is 17.1. The molecule has 0 spiro atoms. The average molecular weight is 297 g/mol. The lowest BCUT2D eigenvalue weighted by molar-refractivity contribution is 0.588. The van der Waals surface area contributed by atoms with Gasteiger partial charge in [-0.2, -0.15) is 4.68 Å². The maximum atomic E-state index is 12.7. The van der Waals surface area contributed by atoms with Gasteiger partial charge in [0.1, 0.15) is 5.82 Å². The number of rotatable bonds is 2. The highest BCUT2D eigenvalue weighted by molar-refractivity contribution is 7.10. The van der Waals surface area contributed by atoms with E-state index < -0.39 is 0 Å². The van der Waals surface area contributed by atoms with Crippen LogP contribution in [0.25, 0.3) is 5.69 Å². The van der Waals surface area contributed by atoms with Crippen molar-refractivity contribution in [3.05, 3.63) is 68.5 Å². The van der Waals surface area contributed by atoms with E-state index in [1.165, 1.54) is 15.1 Å². The first kappa shape index (κ1) is 12.6. The van der Waals surface area contributed by atoms with Gasteiger partial charge in [0.15, 0.2) is 0 Å². The third-order valence-electron chi connectivity index (χ3n) is 3.98. The molecular weight excluding hydrogens is 282 g/mol. The van der Waals surface area contributed by atoms with Crippen LogP contribution in [0.15, 0.2) is 46.6 Å². The maximum Gasteiger partial charge on any atom is 0.351 e. The zero-order valence-corrected chi connectivity index (χ0v) is 12.5. The quantitative estimate of drug-likeness (QED) is 0.729. The Morgan fingerprint density at radius 2 is 2.10 bits per heavy atom. The van der Waals surface area contributed by atoms with Crippen LogP contribution < -0.4 is 5.69 Å². The molecule has 0 radical (unpaired) electrons. The Bertz CT molecular complexity index is 844. The SMILES string of the molecule is Cc1cc(-n2nc3n(c2=O)[C@H](c2ccccc2)CC3)cs1. The molecule has 3 heterocycles. The zero-order valence-electron chi connectivity index (χ0n) is 11.7. The smallest absolute Gasteiger partial charge is 0.271 e. The maximum absolute atomic E-state index is 12.7. The fourth-order valence-electron chi connectivity index (χ4n) is 3.00. The highest BCUT2D eigenvalue weighted by Gasteiger charge is 2.29.